The van der Waals surface area contributed by atoms with Crippen LogP contribution in [0.15, 0.2) is 30.3 Å². The number of likely N-dealkylation sites (tertiary alicyclic amines) is 1. The highest BCUT2D eigenvalue weighted by molar-refractivity contribution is 5.82. The molecule has 0 spiro atoms. The summed E-state index contributed by atoms with van der Waals surface area (Å²) in [7, 11) is 1.62. The summed E-state index contributed by atoms with van der Waals surface area (Å²) in [5.74, 6) is -0.714. The fourth-order valence-electron chi connectivity index (χ4n) is 3.05. The molecule has 120 valence electrons. The molecule has 1 saturated heterocycles. The zero-order chi connectivity index (χ0) is 16.0. The third-order valence-electron chi connectivity index (χ3n) is 4.44. The standard InChI is InChI=1S/C17H23NO4/c1-22-13-5-8-15(19)18-11-9-17(10-12-18,16(20)21)14-6-3-2-4-7-14/h2-4,6-7H,5,8-13H2,1H3,(H,20,21). The van der Waals surface area contributed by atoms with Crippen LogP contribution in [-0.4, -0.2) is 48.7 Å². The molecule has 0 radical (unpaired) electrons. The first kappa shape index (κ1) is 16.5. The van der Waals surface area contributed by atoms with Crippen LogP contribution in [0.3, 0.4) is 0 Å². The van der Waals surface area contributed by atoms with E-state index >= 15 is 0 Å². The molecule has 1 aromatic carbocycles. The van der Waals surface area contributed by atoms with Gasteiger partial charge in [-0.3, -0.25) is 9.59 Å². The second-order valence-corrected chi connectivity index (χ2v) is 5.73. The second-order valence-electron chi connectivity index (χ2n) is 5.73. The van der Waals surface area contributed by atoms with Gasteiger partial charge in [0.1, 0.15) is 0 Å². The Morgan fingerprint density at radius 3 is 2.41 bits per heavy atom. The molecule has 1 aliphatic rings. The summed E-state index contributed by atoms with van der Waals surface area (Å²) >= 11 is 0. The van der Waals surface area contributed by atoms with Gasteiger partial charge in [-0.15, -0.1) is 0 Å². The molecule has 1 N–H and O–H groups in total. The van der Waals surface area contributed by atoms with E-state index in [1.807, 2.05) is 30.3 Å². The van der Waals surface area contributed by atoms with Gasteiger partial charge in [-0.1, -0.05) is 30.3 Å². The number of carboxylic acids is 1. The number of carbonyl (C=O) groups is 2. The minimum atomic E-state index is -0.870. The van der Waals surface area contributed by atoms with Crippen molar-refractivity contribution in [1.29, 1.82) is 0 Å². The smallest absolute Gasteiger partial charge is 0.314 e. The van der Waals surface area contributed by atoms with Crippen LogP contribution in [0.25, 0.3) is 0 Å². The number of amides is 1. The number of piperidine rings is 1. The van der Waals surface area contributed by atoms with Gasteiger partial charge in [-0.2, -0.15) is 0 Å². The number of hydrogen-bond donors (Lipinski definition) is 1. The van der Waals surface area contributed by atoms with Gasteiger partial charge in [-0.05, 0) is 24.8 Å². The van der Waals surface area contributed by atoms with E-state index in [0.29, 0.717) is 45.4 Å². The van der Waals surface area contributed by atoms with E-state index in [-0.39, 0.29) is 5.91 Å². The van der Waals surface area contributed by atoms with Gasteiger partial charge in [0.15, 0.2) is 0 Å². The highest BCUT2D eigenvalue weighted by atomic mass is 16.5. The molecule has 1 amide bonds. The Hall–Kier alpha value is -1.88. The molecule has 1 aromatic rings. The molecule has 0 saturated carbocycles. The highest BCUT2D eigenvalue weighted by Crippen LogP contribution is 2.36. The minimum absolute atomic E-state index is 0.0871. The fourth-order valence-corrected chi connectivity index (χ4v) is 3.05. The maximum Gasteiger partial charge on any atom is 0.314 e. The van der Waals surface area contributed by atoms with E-state index in [0.717, 1.165) is 5.56 Å². The van der Waals surface area contributed by atoms with Crippen LogP contribution in [0.2, 0.25) is 0 Å². The third kappa shape index (κ3) is 3.47. The SMILES string of the molecule is COCCCC(=O)N1CCC(C(=O)O)(c2ccccc2)CC1. The van der Waals surface area contributed by atoms with Gasteiger partial charge < -0.3 is 14.7 Å². The summed E-state index contributed by atoms with van der Waals surface area (Å²) in [6.45, 7) is 1.56. The summed E-state index contributed by atoms with van der Waals surface area (Å²) in [4.78, 5) is 25.7. The largest absolute Gasteiger partial charge is 0.481 e. The third-order valence-corrected chi connectivity index (χ3v) is 4.44. The van der Waals surface area contributed by atoms with E-state index in [2.05, 4.69) is 0 Å². The Kier molecular flexibility index (Phi) is 5.55. The van der Waals surface area contributed by atoms with Crippen molar-refractivity contribution < 1.29 is 19.4 Å². The average molecular weight is 305 g/mol. The Balaban J connectivity index is 2.02. The molecule has 0 atom stereocenters. The number of rotatable bonds is 6. The van der Waals surface area contributed by atoms with Crippen LogP contribution < -0.4 is 0 Å². The number of hydrogen-bond acceptors (Lipinski definition) is 3. The molecular formula is C17H23NO4. The molecule has 0 bridgehead atoms. The predicted molar refractivity (Wildman–Crippen MR) is 82.7 cm³/mol. The number of ether oxygens (including phenoxy) is 1. The van der Waals surface area contributed by atoms with Gasteiger partial charge in [0, 0.05) is 33.2 Å². The lowest BCUT2D eigenvalue weighted by Gasteiger charge is -2.39. The molecular weight excluding hydrogens is 282 g/mol. The van der Waals surface area contributed by atoms with Crippen molar-refractivity contribution >= 4 is 11.9 Å². The molecule has 5 heteroatoms. The number of aliphatic carboxylic acids is 1. The lowest BCUT2D eigenvalue weighted by molar-refractivity contribution is -0.148. The monoisotopic (exact) mass is 305 g/mol. The molecule has 1 aliphatic heterocycles. The van der Waals surface area contributed by atoms with Gasteiger partial charge in [0.25, 0.3) is 0 Å². The molecule has 1 heterocycles. The van der Waals surface area contributed by atoms with E-state index in [4.69, 9.17) is 4.74 Å². The predicted octanol–water partition coefficient (Wildman–Crippen LogP) is 2.06. The molecule has 0 unspecified atom stereocenters. The first-order valence-electron chi connectivity index (χ1n) is 7.66. The van der Waals surface area contributed by atoms with Crippen molar-refractivity contribution in [2.24, 2.45) is 0 Å². The quantitative estimate of drug-likeness (QED) is 0.817. The normalized spacial score (nSPS) is 17.2. The van der Waals surface area contributed by atoms with Gasteiger partial charge in [0.2, 0.25) is 5.91 Å². The van der Waals surface area contributed by atoms with Crippen LogP contribution in [0.4, 0.5) is 0 Å². The van der Waals surface area contributed by atoms with E-state index in [9.17, 15) is 14.7 Å². The topological polar surface area (TPSA) is 66.8 Å². The van der Waals surface area contributed by atoms with Crippen LogP contribution >= 0.6 is 0 Å². The van der Waals surface area contributed by atoms with Gasteiger partial charge in [-0.25, -0.2) is 0 Å². The van der Waals surface area contributed by atoms with Crippen molar-refractivity contribution in [2.45, 2.75) is 31.1 Å². The Labute approximate surface area is 130 Å². The number of methoxy groups -OCH3 is 1. The molecule has 22 heavy (non-hydrogen) atoms. The summed E-state index contributed by atoms with van der Waals surface area (Å²) in [6.07, 6.45) is 2.08. The van der Waals surface area contributed by atoms with Crippen molar-refractivity contribution in [1.82, 2.24) is 4.90 Å². The summed E-state index contributed by atoms with van der Waals surface area (Å²) in [5, 5.41) is 9.72. The molecule has 0 aliphatic carbocycles. The zero-order valence-corrected chi connectivity index (χ0v) is 13.0. The van der Waals surface area contributed by atoms with E-state index in [1.54, 1.807) is 12.0 Å². The van der Waals surface area contributed by atoms with Crippen LogP contribution in [0.5, 0.6) is 0 Å². The average Bonchev–Trinajstić information content (AvgIpc) is 2.55. The highest BCUT2D eigenvalue weighted by Gasteiger charge is 2.43. The number of carboxylic acid groups (broad SMARTS) is 1. The first-order chi connectivity index (χ1) is 10.6. The van der Waals surface area contributed by atoms with E-state index in [1.165, 1.54) is 0 Å². The Bertz CT molecular complexity index is 507. The van der Waals surface area contributed by atoms with Crippen LogP contribution in [-0.2, 0) is 19.7 Å². The van der Waals surface area contributed by atoms with Crippen molar-refractivity contribution in [3.05, 3.63) is 35.9 Å². The summed E-state index contributed by atoms with van der Waals surface area (Å²) < 4.78 is 4.95. The van der Waals surface area contributed by atoms with Crippen molar-refractivity contribution in [3.63, 3.8) is 0 Å². The molecule has 0 aromatic heterocycles. The summed E-state index contributed by atoms with van der Waals surface area (Å²) in [5.41, 5.74) is -0.0427. The molecule has 1 fully saturated rings. The van der Waals surface area contributed by atoms with Gasteiger partial charge >= 0.3 is 5.97 Å². The van der Waals surface area contributed by atoms with Crippen LogP contribution in [0.1, 0.15) is 31.2 Å². The van der Waals surface area contributed by atoms with Crippen molar-refractivity contribution in [3.8, 4) is 0 Å². The minimum Gasteiger partial charge on any atom is -0.481 e. The second kappa shape index (κ2) is 7.40. The maximum absolute atomic E-state index is 12.1. The lowest BCUT2D eigenvalue weighted by atomic mass is 9.73. The first-order valence-corrected chi connectivity index (χ1v) is 7.66. The van der Waals surface area contributed by atoms with Crippen molar-refractivity contribution in [2.75, 3.05) is 26.8 Å². The molecule has 5 nitrogen and oxygen atoms in total. The van der Waals surface area contributed by atoms with Crippen LogP contribution in [0, 0.1) is 0 Å². The number of nitrogens with zero attached hydrogens (tertiary/aromatic N) is 1. The zero-order valence-electron chi connectivity index (χ0n) is 13.0. The summed E-state index contributed by atoms with van der Waals surface area (Å²) in [6, 6.07) is 9.34. The number of benzene rings is 1. The van der Waals surface area contributed by atoms with Gasteiger partial charge in [0.05, 0.1) is 5.41 Å². The maximum atomic E-state index is 12.1. The Morgan fingerprint density at radius 1 is 1.23 bits per heavy atom. The Morgan fingerprint density at radius 2 is 1.86 bits per heavy atom. The van der Waals surface area contributed by atoms with E-state index < -0.39 is 11.4 Å². The fraction of sp³-hybridized carbons (Fsp3) is 0.529. The lowest BCUT2D eigenvalue weighted by Crippen LogP contribution is -2.49. The number of carbonyl (C=O) groups excluding carboxylic acids is 1. The molecule has 2 rings (SSSR count).